The summed E-state index contributed by atoms with van der Waals surface area (Å²) in [6, 6.07) is 9.82. The molecular weight excluding hydrogens is 300 g/mol. The summed E-state index contributed by atoms with van der Waals surface area (Å²) < 4.78 is 11.0. The Morgan fingerprint density at radius 2 is 1.92 bits per heavy atom. The molecule has 0 fully saturated rings. The van der Waals surface area contributed by atoms with E-state index in [9.17, 15) is 4.79 Å². The molecule has 0 aromatic heterocycles. The van der Waals surface area contributed by atoms with Crippen LogP contribution >= 0.6 is 0 Å². The molecule has 0 aliphatic heterocycles. The van der Waals surface area contributed by atoms with Crippen LogP contribution in [0.15, 0.2) is 42.2 Å². The molecule has 0 aliphatic carbocycles. The standard InChI is InChI=1S/C21H28O3/c1-4-7-9-14-20(17-21(22)23-6-3)24-19(5-2)16-15-18-12-10-8-11-13-18/h8,10-13,17,19H,4-7,9,14H2,1-3H3/b20-17+. The molecule has 1 atom stereocenters. The lowest BCUT2D eigenvalue weighted by molar-refractivity contribution is -0.137. The number of hydrogen-bond acceptors (Lipinski definition) is 3. The lowest BCUT2D eigenvalue weighted by atomic mass is 10.1. The quantitative estimate of drug-likeness (QED) is 0.213. The van der Waals surface area contributed by atoms with E-state index in [2.05, 4.69) is 18.8 Å². The zero-order valence-electron chi connectivity index (χ0n) is 15.0. The second-order valence-corrected chi connectivity index (χ2v) is 5.47. The maximum Gasteiger partial charge on any atom is 0.334 e. The van der Waals surface area contributed by atoms with Crippen molar-refractivity contribution in [3.8, 4) is 11.8 Å². The summed E-state index contributed by atoms with van der Waals surface area (Å²) in [7, 11) is 0. The molecule has 24 heavy (non-hydrogen) atoms. The first-order chi connectivity index (χ1) is 11.7. The summed E-state index contributed by atoms with van der Waals surface area (Å²) in [5.41, 5.74) is 0.960. The molecule has 1 aromatic carbocycles. The Bertz CT molecular complexity index is 564. The van der Waals surface area contributed by atoms with Crippen LogP contribution in [0.4, 0.5) is 0 Å². The third-order valence-electron chi connectivity index (χ3n) is 3.41. The minimum absolute atomic E-state index is 0.229. The highest BCUT2D eigenvalue weighted by atomic mass is 16.5. The van der Waals surface area contributed by atoms with Crippen LogP contribution in [-0.4, -0.2) is 18.7 Å². The monoisotopic (exact) mass is 328 g/mol. The average molecular weight is 328 g/mol. The number of carbonyl (C=O) groups is 1. The SMILES string of the molecule is CCCCC/C(=C\C(=O)OCC)OC(C#Cc1ccccc1)CC. The minimum atomic E-state index is -0.352. The predicted molar refractivity (Wildman–Crippen MR) is 97.3 cm³/mol. The van der Waals surface area contributed by atoms with Gasteiger partial charge in [0.1, 0.15) is 5.76 Å². The van der Waals surface area contributed by atoms with E-state index in [1.54, 1.807) is 6.92 Å². The average Bonchev–Trinajstić information content (AvgIpc) is 2.59. The highest BCUT2D eigenvalue weighted by molar-refractivity contribution is 5.82. The summed E-state index contributed by atoms with van der Waals surface area (Å²) in [6.07, 6.45) is 5.95. The zero-order chi connectivity index (χ0) is 17.6. The third kappa shape index (κ3) is 8.43. The highest BCUT2D eigenvalue weighted by Crippen LogP contribution is 2.15. The first kappa shape index (κ1) is 19.8. The number of ether oxygens (including phenoxy) is 2. The van der Waals surface area contributed by atoms with Gasteiger partial charge in [0.2, 0.25) is 0 Å². The Hall–Kier alpha value is -2.21. The van der Waals surface area contributed by atoms with E-state index in [0.29, 0.717) is 12.4 Å². The van der Waals surface area contributed by atoms with E-state index in [-0.39, 0.29) is 12.1 Å². The first-order valence-electron chi connectivity index (χ1n) is 8.80. The van der Waals surface area contributed by atoms with Crippen molar-refractivity contribution in [2.45, 2.75) is 59.0 Å². The van der Waals surface area contributed by atoms with Crippen molar-refractivity contribution >= 4 is 5.97 Å². The van der Waals surface area contributed by atoms with E-state index >= 15 is 0 Å². The lowest BCUT2D eigenvalue weighted by Crippen LogP contribution is -2.11. The molecule has 1 unspecified atom stereocenters. The van der Waals surface area contributed by atoms with E-state index < -0.39 is 0 Å². The van der Waals surface area contributed by atoms with Gasteiger partial charge in [0.15, 0.2) is 6.10 Å². The Morgan fingerprint density at radius 1 is 1.17 bits per heavy atom. The van der Waals surface area contributed by atoms with Crippen molar-refractivity contribution in [2.24, 2.45) is 0 Å². The van der Waals surface area contributed by atoms with Gasteiger partial charge in [-0.3, -0.25) is 0 Å². The van der Waals surface area contributed by atoms with Gasteiger partial charge in [-0.25, -0.2) is 4.79 Å². The largest absolute Gasteiger partial charge is 0.482 e. The smallest absolute Gasteiger partial charge is 0.334 e. The number of esters is 1. The lowest BCUT2D eigenvalue weighted by Gasteiger charge is -2.15. The van der Waals surface area contributed by atoms with E-state index in [0.717, 1.165) is 37.7 Å². The summed E-state index contributed by atoms with van der Waals surface area (Å²) >= 11 is 0. The highest BCUT2D eigenvalue weighted by Gasteiger charge is 2.10. The van der Waals surface area contributed by atoms with Crippen molar-refractivity contribution in [2.75, 3.05) is 6.61 Å². The molecule has 0 saturated heterocycles. The molecule has 0 bridgehead atoms. The van der Waals surface area contributed by atoms with Crippen molar-refractivity contribution in [3.63, 3.8) is 0 Å². The molecule has 0 heterocycles. The van der Waals surface area contributed by atoms with Crippen LogP contribution in [0.5, 0.6) is 0 Å². The van der Waals surface area contributed by atoms with E-state index in [1.807, 2.05) is 37.3 Å². The molecule has 0 saturated carbocycles. The number of hydrogen-bond donors (Lipinski definition) is 0. The number of rotatable bonds is 9. The van der Waals surface area contributed by atoms with Crippen molar-refractivity contribution in [1.82, 2.24) is 0 Å². The van der Waals surface area contributed by atoms with Gasteiger partial charge in [-0.2, -0.15) is 0 Å². The maximum absolute atomic E-state index is 11.7. The van der Waals surface area contributed by atoms with Gasteiger partial charge >= 0.3 is 5.97 Å². The van der Waals surface area contributed by atoms with Gasteiger partial charge in [-0.1, -0.05) is 56.7 Å². The normalized spacial score (nSPS) is 12.0. The summed E-state index contributed by atoms with van der Waals surface area (Å²) in [5, 5.41) is 0. The molecule has 0 radical (unpaired) electrons. The third-order valence-corrected chi connectivity index (χ3v) is 3.41. The molecule has 1 aromatic rings. The molecule has 0 amide bonds. The molecule has 3 nitrogen and oxygen atoms in total. The predicted octanol–water partition coefficient (Wildman–Crippen LogP) is 4.86. The van der Waals surface area contributed by atoms with Crippen molar-refractivity contribution in [1.29, 1.82) is 0 Å². The van der Waals surface area contributed by atoms with Crippen LogP contribution in [0.3, 0.4) is 0 Å². The fourth-order valence-electron chi connectivity index (χ4n) is 2.11. The number of allylic oxidation sites excluding steroid dienone is 1. The van der Waals surface area contributed by atoms with E-state index in [1.165, 1.54) is 6.08 Å². The van der Waals surface area contributed by atoms with Gasteiger partial charge in [-0.05, 0) is 31.9 Å². The van der Waals surface area contributed by atoms with Gasteiger partial charge < -0.3 is 9.47 Å². The van der Waals surface area contributed by atoms with Gasteiger partial charge in [0.25, 0.3) is 0 Å². The van der Waals surface area contributed by atoms with Crippen LogP contribution in [0, 0.1) is 11.8 Å². The van der Waals surface area contributed by atoms with Crippen LogP contribution < -0.4 is 0 Å². The molecule has 130 valence electrons. The number of carbonyl (C=O) groups excluding carboxylic acids is 1. The van der Waals surface area contributed by atoms with Crippen molar-refractivity contribution in [3.05, 3.63) is 47.7 Å². The summed E-state index contributed by atoms with van der Waals surface area (Å²) in [5.74, 6) is 6.59. The van der Waals surface area contributed by atoms with Gasteiger partial charge in [0.05, 0.1) is 12.7 Å². The minimum Gasteiger partial charge on any atom is -0.482 e. The molecule has 3 heteroatoms. The molecule has 0 spiro atoms. The number of benzene rings is 1. The molecule has 1 rings (SSSR count). The van der Waals surface area contributed by atoms with Crippen LogP contribution in [0.25, 0.3) is 0 Å². The Kier molecular flexibility index (Phi) is 10.1. The Labute approximate surface area is 146 Å². The second kappa shape index (κ2) is 12.2. The maximum atomic E-state index is 11.7. The van der Waals surface area contributed by atoms with Crippen LogP contribution in [0.1, 0.15) is 58.4 Å². The molecule has 0 N–H and O–H groups in total. The second-order valence-electron chi connectivity index (χ2n) is 5.47. The van der Waals surface area contributed by atoms with Gasteiger partial charge in [0, 0.05) is 12.0 Å². The Morgan fingerprint density at radius 3 is 2.54 bits per heavy atom. The zero-order valence-corrected chi connectivity index (χ0v) is 15.0. The molecular formula is C21H28O3. The fraction of sp³-hybridized carbons (Fsp3) is 0.476. The topological polar surface area (TPSA) is 35.5 Å². The van der Waals surface area contributed by atoms with Crippen molar-refractivity contribution < 1.29 is 14.3 Å². The summed E-state index contributed by atoms with van der Waals surface area (Å²) in [4.78, 5) is 11.7. The molecule has 0 aliphatic rings. The van der Waals surface area contributed by atoms with Crippen LogP contribution in [0.2, 0.25) is 0 Å². The fourth-order valence-corrected chi connectivity index (χ4v) is 2.11. The van der Waals surface area contributed by atoms with E-state index in [4.69, 9.17) is 9.47 Å². The summed E-state index contributed by atoms with van der Waals surface area (Å²) in [6.45, 7) is 6.33. The van der Waals surface area contributed by atoms with Crippen LogP contribution in [-0.2, 0) is 14.3 Å². The first-order valence-corrected chi connectivity index (χ1v) is 8.80. The Balaban J connectivity index is 2.77. The van der Waals surface area contributed by atoms with Gasteiger partial charge in [-0.15, -0.1) is 0 Å². The number of unbranched alkanes of at least 4 members (excludes halogenated alkanes) is 2.